The Morgan fingerprint density at radius 3 is 2.70 bits per heavy atom. The summed E-state index contributed by atoms with van der Waals surface area (Å²) < 4.78 is 7.10. The van der Waals surface area contributed by atoms with E-state index >= 15 is 0 Å². The van der Waals surface area contributed by atoms with Gasteiger partial charge in [0.25, 0.3) is 0 Å². The van der Waals surface area contributed by atoms with Crippen LogP contribution in [0.4, 0.5) is 5.69 Å². The number of aromatic nitrogens is 2. The van der Waals surface area contributed by atoms with Crippen molar-refractivity contribution in [1.82, 2.24) is 9.78 Å². The van der Waals surface area contributed by atoms with Crippen molar-refractivity contribution in [3.05, 3.63) is 66.4 Å². The highest BCUT2D eigenvalue weighted by atomic mass is 16.3. The van der Waals surface area contributed by atoms with Gasteiger partial charge >= 0.3 is 0 Å². The molecule has 98 valence electrons. The minimum absolute atomic E-state index is 0.329. The van der Waals surface area contributed by atoms with E-state index in [4.69, 9.17) is 9.68 Å². The lowest BCUT2D eigenvalue weighted by Gasteiger charge is -2.06. The van der Waals surface area contributed by atoms with Crippen LogP contribution in [0.2, 0.25) is 0 Å². The van der Waals surface area contributed by atoms with Crippen LogP contribution in [0, 0.1) is 11.3 Å². The SMILES string of the molecule is N#Cc1ccc(CNc2ccc(-n3cccn3)cc2)o1. The molecule has 0 spiro atoms. The molecule has 20 heavy (non-hydrogen) atoms. The molecule has 2 heterocycles. The largest absolute Gasteiger partial charge is 0.449 e. The second-order valence-corrected chi connectivity index (χ2v) is 4.23. The maximum Gasteiger partial charge on any atom is 0.203 e. The van der Waals surface area contributed by atoms with Gasteiger partial charge in [-0.05, 0) is 42.5 Å². The molecule has 1 aromatic carbocycles. The molecule has 3 aromatic rings. The molecule has 0 aliphatic heterocycles. The van der Waals surface area contributed by atoms with Crippen LogP contribution in [0.25, 0.3) is 5.69 Å². The molecule has 0 fully saturated rings. The summed E-state index contributed by atoms with van der Waals surface area (Å²) in [5, 5.41) is 16.1. The summed E-state index contributed by atoms with van der Waals surface area (Å²) in [6.45, 7) is 0.544. The quantitative estimate of drug-likeness (QED) is 0.786. The number of anilines is 1. The molecule has 5 heteroatoms. The minimum Gasteiger partial charge on any atom is -0.449 e. The third-order valence-corrected chi connectivity index (χ3v) is 2.87. The first-order valence-corrected chi connectivity index (χ1v) is 6.18. The molecule has 0 atom stereocenters. The normalized spacial score (nSPS) is 10.2. The number of nitrogens with zero attached hydrogens (tertiary/aromatic N) is 3. The number of nitrogens with one attached hydrogen (secondary N) is 1. The molecule has 3 rings (SSSR count). The zero-order valence-electron chi connectivity index (χ0n) is 10.7. The van der Waals surface area contributed by atoms with Gasteiger partial charge in [0, 0.05) is 18.1 Å². The van der Waals surface area contributed by atoms with E-state index in [0.717, 1.165) is 17.1 Å². The van der Waals surface area contributed by atoms with Gasteiger partial charge in [-0.1, -0.05) is 0 Å². The van der Waals surface area contributed by atoms with Crippen LogP contribution in [0.15, 0.2) is 59.3 Å². The second-order valence-electron chi connectivity index (χ2n) is 4.23. The van der Waals surface area contributed by atoms with Gasteiger partial charge < -0.3 is 9.73 Å². The lowest BCUT2D eigenvalue weighted by molar-refractivity contribution is 0.506. The number of benzene rings is 1. The van der Waals surface area contributed by atoms with Gasteiger partial charge in [0.2, 0.25) is 5.76 Å². The van der Waals surface area contributed by atoms with Gasteiger partial charge in [0.1, 0.15) is 11.8 Å². The molecule has 0 aliphatic rings. The summed E-state index contributed by atoms with van der Waals surface area (Å²) in [6.07, 6.45) is 3.64. The van der Waals surface area contributed by atoms with Crippen molar-refractivity contribution in [2.45, 2.75) is 6.54 Å². The third kappa shape index (κ3) is 2.54. The van der Waals surface area contributed by atoms with E-state index in [9.17, 15) is 0 Å². The van der Waals surface area contributed by atoms with Crippen molar-refractivity contribution >= 4 is 5.69 Å². The van der Waals surface area contributed by atoms with Gasteiger partial charge in [-0.15, -0.1) is 0 Å². The third-order valence-electron chi connectivity index (χ3n) is 2.87. The van der Waals surface area contributed by atoms with Crippen molar-refractivity contribution in [2.24, 2.45) is 0 Å². The Morgan fingerprint density at radius 1 is 1.20 bits per heavy atom. The highest BCUT2D eigenvalue weighted by Gasteiger charge is 2.01. The average Bonchev–Trinajstić information content (AvgIpc) is 3.17. The van der Waals surface area contributed by atoms with Gasteiger partial charge in [-0.2, -0.15) is 10.4 Å². The fraction of sp³-hybridized carbons (Fsp3) is 0.0667. The number of rotatable bonds is 4. The van der Waals surface area contributed by atoms with E-state index in [1.165, 1.54) is 0 Å². The summed E-state index contributed by atoms with van der Waals surface area (Å²) in [7, 11) is 0. The van der Waals surface area contributed by atoms with E-state index in [1.54, 1.807) is 23.0 Å². The van der Waals surface area contributed by atoms with Crippen LogP contribution in [-0.4, -0.2) is 9.78 Å². The van der Waals surface area contributed by atoms with Gasteiger partial charge in [0.05, 0.1) is 12.2 Å². The summed E-state index contributed by atoms with van der Waals surface area (Å²) in [4.78, 5) is 0. The summed E-state index contributed by atoms with van der Waals surface area (Å²) in [6, 6.07) is 15.2. The Labute approximate surface area is 116 Å². The molecular formula is C15H12N4O. The Balaban J connectivity index is 1.65. The van der Waals surface area contributed by atoms with Gasteiger partial charge in [0.15, 0.2) is 0 Å². The Bertz CT molecular complexity index is 720. The zero-order valence-corrected chi connectivity index (χ0v) is 10.7. The maximum absolute atomic E-state index is 8.68. The minimum atomic E-state index is 0.329. The summed E-state index contributed by atoms with van der Waals surface area (Å²) in [5.41, 5.74) is 1.99. The number of furan rings is 1. The predicted molar refractivity (Wildman–Crippen MR) is 74.3 cm³/mol. The lowest BCUT2D eigenvalue weighted by Crippen LogP contribution is -1.99. The van der Waals surface area contributed by atoms with E-state index in [1.807, 2.05) is 42.6 Å². The van der Waals surface area contributed by atoms with Crippen LogP contribution in [0.3, 0.4) is 0 Å². The predicted octanol–water partition coefficient (Wildman–Crippen LogP) is 2.95. The van der Waals surface area contributed by atoms with E-state index in [-0.39, 0.29) is 0 Å². The average molecular weight is 264 g/mol. The number of hydrogen-bond acceptors (Lipinski definition) is 4. The summed E-state index contributed by atoms with van der Waals surface area (Å²) in [5.74, 6) is 1.06. The molecule has 5 nitrogen and oxygen atoms in total. The fourth-order valence-electron chi connectivity index (χ4n) is 1.88. The smallest absolute Gasteiger partial charge is 0.203 e. The number of nitriles is 1. The van der Waals surface area contributed by atoms with Crippen molar-refractivity contribution in [3.8, 4) is 11.8 Å². The standard InChI is InChI=1S/C15H12N4O/c16-10-14-6-7-15(20-14)11-17-12-2-4-13(5-3-12)19-9-1-8-18-19/h1-9,17H,11H2. The number of hydrogen-bond donors (Lipinski definition) is 1. The van der Waals surface area contributed by atoms with Crippen molar-refractivity contribution < 1.29 is 4.42 Å². The van der Waals surface area contributed by atoms with Crippen LogP contribution in [-0.2, 0) is 6.54 Å². The van der Waals surface area contributed by atoms with Crippen molar-refractivity contribution in [3.63, 3.8) is 0 Å². The molecule has 0 radical (unpaired) electrons. The molecule has 1 N–H and O–H groups in total. The zero-order chi connectivity index (χ0) is 13.8. The molecule has 0 bridgehead atoms. The van der Waals surface area contributed by atoms with Gasteiger partial charge in [-0.25, -0.2) is 4.68 Å². The van der Waals surface area contributed by atoms with Crippen LogP contribution >= 0.6 is 0 Å². The molecule has 0 saturated carbocycles. The first-order valence-electron chi connectivity index (χ1n) is 6.18. The topological polar surface area (TPSA) is 66.8 Å². The molecule has 0 saturated heterocycles. The van der Waals surface area contributed by atoms with Crippen molar-refractivity contribution in [2.75, 3.05) is 5.32 Å². The van der Waals surface area contributed by atoms with Gasteiger partial charge in [-0.3, -0.25) is 0 Å². The second kappa shape index (κ2) is 5.33. The highest BCUT2D eigenvalue weighted by Crippen LogP contribution is 2.14. The Kier molecular flexibility index (Phi) is 3.21. The molecule has 2 aromatic heterocycles. The van der Waals surface area contributed by atoms with E-state index < -0.39 is 0 Å². The van der Waals surface area contributed by atoms with E-state index in [2.05, 4.69) is 10.4 Å². The van der Waals surface area contributed by atoms with E-state index in [0.29, 0.717) is 12.3 Å². The molecule has 0 unspecified atom stereocenters. The van der Waals surface area contributed by atoms with Crippen LogP contribution in [0.1, 0.15) is 11.5 Å². The van der Waals surface area contributed by atoms with Crippen LogP contribution < -0.4 is 5.32 Å². The summed E-state index contributed by atoms with van der Waals surface area (Å²) >= 11 is 0. The Hall–Kier alpha value is -3.00. The fourth-order valence-corrected chi connectivity index (χ4v) is 1.88. The molecule has 0 amide bonds. The monoisotopic (exact) mass is 264 g/mol. The molecule has 0 aliphatic carbocycles. The first kappa shape index (κ1) is 12.1. The lowest BCUT2D eigenvalue weighted by atomic mass is 10.2. The maximum atomic E-state index is 8.68. The molecular weight excluding hydrogens is 252 g/mol. The Morgan fingerprint density at radius 2 is 2.05 bits per heavy atom. The first-order chi connectivity index (χ1) is 9.85. The highest BCUT2D eigenvalue weighted by molar-refractivity contribution is 5.48. The van der Waals surface area contributed by atoms with Crippen molar-refractivity contribution in [1.29, 1.82) is 5.26 Å². The van der Waals surface area contributed by atoms with Crippen LogP contribution in [0.5, 0.6) is 0 Å².